The van der Waals surface area contributed by atoms with E-state index in [4.69, 9.17) is 15.6 Å². The van der Waals surface area contributed by atoms with Gasteiger partial charge in [-0.05, 0) is 55.4 Å². The Labute approximate surface area is 155 Å². The van der Waals surface area contributed by atoms with E-state index in [0.29, 0.717) is 0 Å². The monoisotopic (exact) mass is 353 g/mol. The minimum Gasteiger partial charge on any atom is -0.493 e. The Hall–Kier alpha value is -2.33. The number of fused-ring (bicyclic) bond motifs is 3. The molecule has 4 heteroatoms. The first-order chi connectivity index (χ1) is 12.5. The molecule has 1 aliphatic heterocycles. The van der Waals surface area contributed by atoms with Crippen LogP contribution in [0.5, 0.6) is 5.75 Å². The van der Waals surface area contributed by atoms with Crippen molar-refractivity contribution in [2.24, 2.45) is 5.73 Å². The maximum atomic E-state index is 10.8. The number of ether oxygens (including phenoxy) is 1. The zero-order chi connectivity index (χ0) is 18.7. The summed E-state index contributed by atoms with van der Waals surface area (Å²) in [6.45, 7) is 4.81. The number of carboxylic acid groups (broad SMARTS) is 1. The number of rotatable bonds is 3. The summed E-state index contributed by atoms with van der Waals surface area (Å²) in [6.07, 6.45) is 3.18. The first-order valence-electron chi connectivity index (χ1n) is 9.27. The van der Waals surface area contributed by atoms with Gasteiger partial charge in [0, 0.05) is 18.0 Å². The molecule has 0 fully saturated rings. The molecular formula is C22H27NO3. The van der Waals surface area contributed by atoms with Crippen molar-refractivity contribution in [2.75, 3.05) is 6.61 Å². The van der Waals surface area contributed by atoms with Gasteiger partial charge < -0.3 is 15.6 Å². The predicted molar refractivity (Wildman–Crippen MR) is 103 cm³/mol. The number of benzene rings is 2. The quantitative estimate of drug-likeness (QED) is 0.870. The number of carbonyl (C=O) groups is 1. The van der Waals surface area contributed by atoms with Gasteiger partial charge in [0.25, 0.3) is 0 Å². The first kappa shape index (κ1) is 18.5. The van der Waals surface area contributed by atoms with E-state index in [9.17, 15) is 4.79 Å². The van der Waals surface area contributed by atoms with Crippen LogP contribution in [0.25, 0.3) is 0 Å². The fraction of sp³-hybridized carbons (Fsp3) is 0.409. The molecule has 0 spiro atoms. The Morgan fingerprint density at radius 2 is 1.96 bits per heavy atom. The lowest BCUT2D eigenvalue weighted by Crippen LogP contribution is -2.05. The average molecular weight is 353 g/mol. The summed E-state index contributed by atoms with van der Waals surface area (Å²) in [6, 6.07) is 12.6. The highest BCUT2D eigenvalue weighted by Gasteiger charge is 2.30. The van der Waals surface area contributed by atoms with Crippen molar-refractivity contribution in [1.82, 2.24) is 0 Å². The largest absolute Gasteiger partial charge is 0.493 e. The molecule has 0 bridgehead atoms. The van der Waals surface area contributed by atoms with Crippen LogP contribution < -0.4 is 10.5 Å². The molecule has 138 valence electrons. The van der Waals surface area contributed by atoms with Gasteiger partial charge in [-0.15, -0.1) is 0 Å². The summed E-state index contributed by atoms with van der Waals surface area (Å²) in [5, 5.41) is 8.92. The maximum absolute atomic E-state index is 10.8. The third-order valence-corrected chi connectivity index (χ3v) is 5.21. The van der Waals surface area contributed by atoms with E-state index in [1.165, 1.54) is 27.8 Å². The van der Waals surface area contributed by atoms with Crippen LogP contribution in [-0.2, 0) is 17.6 Å². The van der Waals surface area contributed by atoms with Crippen LogP contribution in [0.4, 0.5) is 0 Å². The highest BCUT2D eigenvalue weighted by molar-refractivity contribution is 5.69. The molecule has 0 aromatic heterocycles. The third-order valence-electron chi connectivity index (χ3n) is 5.21. The average Bonchev–Trinajstić information content (AvgIpc) is 3.21. The van der Waals surface area contributed by atoms with Gasteiger partial charge in [0.05, 0.1) is 13.0 Å². The lowest BCUT2D eigenvalue weighted by molar-refractivity contribution is -0.137. The second-order valence-corrected chi connectivity index (χ2v) is 7.25. The van der Waals surface area contributed by atoms with Gasteiger partial charge >= 0.3 is 5.97 Å². The highest BCUT2D eigenvalue weighted by atomic mass is 16.5. The molecule has 26 heavy (non-hydrogen) atoms. The van der Waals surface area contributed by atoms with Gasteiger partial charge in [0.2, 0.25) is 0 Å². The minimum absolute atomic E-state index is 0.153. The molecular weight excluding hydrogens is 326 g/mol. The minimum atomic E-state index is -0.700. The Morgan fingerprint density at radius 1 is 1.23 bits per heavy atom. The van der Waals surface area contributed by atoms with E-state index >= 15 is 0 Å². The van der Waals surface area contributed by atoms with E-state index in [1.54, 1.807) is 0 Å². The van der Waals surface area contributed by atoms with E-state index in [2.05, 4.69) is 37.3 Å². The van der Waals surface area contributed by atoms with Crippen LogP contribution in [0.3, 0.4) is 0 Å². The molecule has 2 atom stereocenters. The lowest BCUT2D eigenvalue weighted by Gasteiger charge is -2.12. The third kappa shape index (κ3) is 4.07. The molecule has 0 unspecified atom stereocenters. The first-order valence-corrected chi connectivity index (χ1v) is 9.27. The standard InChI is InChI=1S/C13H14O3.C9H13N/c14-12(15)7-9-2-1-8-3-4-11-10(13(8)9)5-6-16-11;1-7-3-5-9(6-4-7)8(2)10/h3-4,9H,1-2,5-7H2,(H,14,15);3-6,8H,10H2,1-2H3/t9-;8-/m10/s1. The van der Waals surface area contributed by atoms with Crippen molar-refractivity contribution in [3.8, 4) is 5.75 Å². The second kappa shape index (κ2) is 7.92. The van der Waals surface area contributed by atoms with Crippen LogP contribution in [0.2, 0.25) is 0 Å². The summed E-state index contributed by atoms with van der Waals surface area (Å²) >= 11 is 0. The molecule has 2 aliphatic rings. The smallest absolute Gasteiger partial charge is 0.303 e. The fourth-order valence-corrected chi connectivity index (χ4v) is 3.83. The summed E-state index contributed by atoms with van der Waals surface area (Å²) < 4.78 is 5.53. The predicted octanol–water partition coefficient (Wildman–Crippen LogP) is 4.14. The molecule has 4 rings (SSSR count). The van der Waals surface area contributed by atoms with Crippen LogP contribution in [-0.4, -0.2) is 17.7 Å². The van der Waals surface area contributed by atoms with E-state index in [1.807, 2.05) is 13.0 Å². The zero-order valence-corrected chi connectivity index (χ0v) is 15.5. The van der Waals surface area contributed by atoms with E-state index < -0.39 is 5.97 Å². The van der Waals surface area contributed by atoms with Crippen molar-refractivity contribution in [1.29, 1.82) is 0 Å². The number of aryl methyl sites for hydroxylation is 2. The van der Waals surface area contributed by atoms with Gasteiger partial charge in [0.1, 0.15) is 5.75 Å². The molecule has 4 nitrogen and oxygen atoms in total. The van der Waals surface area contributed by atoms with Gasteiger partial charge in [-0.1, -0.05) is 35.9 Å². The lowest BCUT2D eigenvalue weighted by atomic mass is 9.92. The highest BCUT2D eigenvalue weighted by Crippen LogP contribution is 2.43. The molecule has 1 aliphatic carbocycles. The van der Waals surface area contributed by atoms with Crippen molar-refractivity contribution in [2.45, 2.75) is 51.5 Å². The van der Waals surface area contributed by atoms with Gasteiger partial charge in [-0.2, -0.15) is 0 Å². The maximum Gasteiger partial charge on any atom is 0.303 e. The molecule has 1 heterocycles. The summed E-state index contributed by atoms with van der Waals surface area (Å²) in [4.78, 5) is 10.8. The molecule has 0 saturated heterocycles. The molecule has 2 aromatic rings. The summed E-state index contributed by atoms with van der Waals surface area (Å²) in [5.41, 5.74) is 12.0. The second-order valence-electron chi connectivity index (χ2n) is 7.25. The normalized spacial score (nSPS) is 18.2. The van der Waals surface area contributed by atoms with Gasteiger partial charge in [0.15, 0.2) is 0 Å². The number of hydrogen-bond donors (Lipinski definition) is 2. The van der Waals surface area contributed by atoms with E-state index in [-0.39, 0.29) is 18.4 Å². The Kier molecular flexibility index (Phi) is 5.62. The summed E-state index contributed by atoms with van der Waals surface area (Å²) in [7, 11) is 0. The molecule has 3 N–H and O–H groups in total. The van der Waals surface area contributed by atoms with Crippen molar-refractivity contribution in [3.63, 3.8) is 0 Å². The van der Waals surface area contributed by atoms with Crippen molar-refractivity contribution in [3.05, 3.63) is 64.2 Å². The Balaban J connectivity index is 0.000000170. The van der Waals surface area contributed by atoms with Crippen LogP contribution >= 0.6 is 0 Å². The zero-order valence-electron chi connectivity index (χ0n) is 15.5. The Bertz CT molecular complexity index is 781. The Morgan fingerprint density at radius 3 is 2.62 bits per heavy atom. The number of carboxylic acids is 1. The molecule has 0 saturated carbocycles. The molecule has 2 aromatic carbocycles. The van der Waals surface area contributed by atoms with Gasteiger partial charge in [-0.25, -0.2) is 0 Å². The van der Waals surface area contributed by atoms with E-state index in [0.717, 1.165) is 31.6 Å². The number of nitrogens with two attached hydrogens (primary N) is 1. The van der Waals surface area contributed by atoms with Crippen LogP contribution in [0, 0.1) is 6.92 Å². The van der Waals surface area contributed by atoms with Crippen LogP contribution in [0.15, 0.2) is 36.4 Å². The fourth-order valence-electron chi connectivity index (χ4n) is 3.83. The van der Waals surface area contributed by atoms with Gasteiger partial charge in [-0.3, -0.25) is 4.79 Å². The topological polar surface area (TPSA) is 72.6 Å². The molecule has 0 radical (unpaired) electrons. The number of hydrogen-bond acceptors (Lipinski definition) is 3. The SMILES string of the molecule is Cc1ccc([C@H](C)N)cc1.O=C(O)C[C@H]1CCc2ccc3c(c21)CCO3. The van der Waals surface area contributed by atoms with Crippen molar-refractivity contribution < 1.29 is 14.6 Å². The van der Waals surface area contributed by atoms with Crippen LogP contribution in [0.1, 0.15) is 59.5 Å². The summed E-state index contributed by atoms with van der Waals surface area (Å²) in [5.74, 6) is 0.467. The van der Waals surface area contributed by atoms with Crippen molar-refractivity contribution >= 4 is 5.97 Å². The molecule has 0 amide bonds. The number of aliphatic carboxylic acids is 1.